The molecule has 1 heterocycles. The third-order valence-corrected chi connectivity index (χ3v) is 3.76. The Bertz CT molecular complexity index is 544. The summed E-state index contributed by atoms with van der Waals surface area (Å²) in [6.07, 6.45) is -4.53. The molecule has 0 amide bonds. The Morgan fingerprint density at radius 2 is 2.05 bits per heavy atom. The maximum atomic E-state index is 13.2. The van der Waals surface area contributed by atoms with Crippen LogP contribution >= 0.6 is 0 Å². The van der Waals surface area contributed by atoms with Crippen LogP contribution in [0.4, 0.5) is 17.6 Å². The average Bonchev–Trinajstić information content (AvgIpc) is 2.78. The summed E-state index contributed by atoms with van der Waals surface area (Å²) in [7, 11) is 0. The fourth-order valence-corrected chi connectivity index (χ4v) is 2.66. The highest BCUT2D eigenvalue weighted by molar-refractivity contribution is 5.71. The van der Waals surface area contributed by atoms with E-state index in [1.807, 2.05) is 0 Å². The fourth-order valence-electron chi connectivity index (χ4n) is 2.66. The van der Waals surface area contributed by atoms with Crippen LogP contribution in [-0.2, 0) is 11.3 Å². The summed E-state index contributed by atoms with van der Waals surface area (Å²) >= 11 is 0. The van der Waals surface area contributed by atoms with Crippen LogP contribution < -0.4 is 0 Å². The lowest BCUT2D eigenvalue weighted by atomic mass is 9.96. The second kappa shape index (κ2) is 5.63. The minimum atomic E-state index is -4.53. The Labute approximate surface area is 119 Å². The highest BCUT2D eigenvalue weighted by Gasteiger charge is 2.52. The van der Waals surface area contributed by atoms with Gasteiger partial charge in [-0.25, -0.2) is 4.39 Å². The molecule has 2 rings (SSSR count). The number of carboxylic acids is 1. The molecule has 0 aliphatic carbocycles. The molecule has 0 bridgehead atoms. The predicted octanol–water partition coefficient (Wildman–Crippen LogP) is 2.83. The van der Waals surface area contributed by atoms with E-state index in [0.29, 0.717) is 11.1 Å². The number of carboxylic acid groups (broad SMARTS) is 1. The first kappa shape index (κ1) is 15.8. The Morgan fingerprint density at radius 3 is 2.52 bits per heavy atom. The first-order chi connectivity index (χ1) is 9.68. The maximum Gasteiger partial charge on any atom is 0.393 e. The molecule has 1 saturated heterocycles. The van der Waals surface area contributed by atoms with E-state index in [1.54, 1.807) is 13.0 Å². The van der Waals surface area contributed by atoms with Gasteiger partial charge >= 0.3 is 12.1 Å². The van der Waals surface area contributed by atoms with Crippen molar-refractivity contribution in [3.63, 3.8) is 0 Å². The molecule has 1 aliphatic heterocycles. The van der Waals surface area contributed by atoms with Crippen LogP contribution in [0.1, 0.15) is 11.1 Å². The number of carbonyl (C=O) groups is 1. The lowest BCUT2D eigenvalue weighted by molar-refractivity contribution is -0.188. The second-order valence-corrected chi connectivity index (χ2v) is 5.37. The molecule has 1 N–H and O–H groups in total. The molecule has 116 valence electrons. The van der Waals surface area contributed by atoms with Crippen molar-refractivity contribution < 1.29 is 27.5 Å². The molecule has 7 heteroatoms. The first-order valence-corrected chi connectivity index (χ1v) is 6.45. The largest absolute Gasteiger partial charge is 0.481 e. The molecule has 1 fully saturated rings. The number of likely N-dealkylation sites (tertiary alicyclic amines) is 1. The number of benzene rings is 1. The van der Waals surface area contributed by atoms with Gasteiger partial charge in [0.15, 0.2) is 0 Å². The molecule has 0 unspecified atom stereocenters. The van der Waals surface area contributed by atoms with Gasteiger partial charge in [0.05, 0.1) is 11.8 Å². The van der Waals surface area contributed by atoms with Crippen molar-refractivity contribution in [1.82, 2.24) is 4.90 Å². The number of nitrogens with zero attached hydrogens (tertiary/aromatic N) is 1. The van der Waals surface area contributed by atoms with Gasteiger partial charge in [0.2, 0.25) is 0 Å². The smallest absolute Gasteiger partial charge is 0.393 e. The standard InChI is InChI=1S/C14H15F4NO2/c1-8-4-9(2-3-12(8)15)5-19-6-10(13(20)21)11(7-19)14(16,17)18/h2-4,10-11H,5-7H2,1H3,(H,20,21)/t10-,11-/m1/s1. The average molecular weight is 305 g/mol. The number of aliphatic carboxylic acids is 1. The van der Waals surface area contributed by atoms with E-state index >= 15 is 0 Å². The van der Waals surface area contributed by atoms with Crippen molar-refractivity contribution in [2.45, 2.75) is 19.6 Å². The van der Waals surface area contributed by atoms with Crippen LogP contribution in [0.3, 0.4) is 0 Å². The number of hydrogen-bond acceptors (Lipinski definition) is 2. The number of rotatable bonds is 3. The van der Waals surface area contributed by atoms with Gasteiger partial charge in [0, 0.05) is 19.6 Å². The quantitative estimate of drug-likeness (QED) is 0.873. The van der Waals surface area contributed by atoms with Gasteiger partial charge in [-0.05, 0) is 24.1 Å². The Balaban J connectivity index is 2.12. The van der Waals surface area contributed by atoms with Crippen LogP contribution in [0, 0.1) is 24.6 Å². The number of halogens is 4. The van der Waals surface area contributed by atoms with E-state index in [0.717, 1.165) is 0 Å². The molecule has 0 saturated carbocycles. The van der Waals surface area contributed by atoms with Crippen molar-refractivity contribution in [3.05, 3.63) is 35.1 Å². The van der Waals surface area contributed by atoms with E-state index in [2.05, 4.69) is 0 Å². The molecule has 21 heavy (non-hydrogen) atoms. The first-order valence-electron chi connectivity index (χ1n) is 6.45. The van der Waals surface area contributed by atoms with E-state index in [4.69, 9.17) is 5.11 Å². The summed E-state index contributed by atoms with van der Waals surface area (Å²) in [5.41, 5.74) is 1.08. The van der Waals surface area contributed by atoms with E-state index in [1.165, 1.54) is 17.0 Å². The van der Waals surface area contributed by atoms with Crippen LogP contribution in [0.25, 0.3) is 0 Å². The predicted molar refractivity (Wildman–Crippen MR) is 67.1 cm³/mol. The Morgan fingerprint density at radius 1 is 1.38 bits per heavy atom. The molecule has 1 aromatic rings. The summed E-state index contributed by atoms with van der Waals surface area (Å²) in [6.45, 7) is 1.24. The minimum absolute atomic E-state index is 0.157. The zero-order chi connectivity index (χ0) is 15.8. The van der Waals surface area contributed by atoms with Crippen molar-refractivity contribution in [1.29, 1.82) is 0 Å². The van der Waals surface area contributed by atoms with E-state index < -0.39 is 24.0 Å². The topological polar surface area (TPSA) is 40.5 Å². The zero-order valence-electron chi connectivity index (χ0n) is 11.3. The molecule has 1 aliphatic rings. The molecular weight excluding hydrogens is 290 g/mol. The van der Waals surface area contributed by atoms with Crippen molar-refractivity contribution in [2.75, 3.05) is 13.1 Å². The summed E-state index contributed by atoms with van der Waals surface area (Å²) in [6, 6.07) is 4.32. The molecule has 0 spiro atoms. The van der Waals surface area contributed by atoms with Crippen molar-refractivity contribution in [3.8, 4) is 0 Å². The molecular formula is C14H15F4NO2. The molecule has 0 radical (unpaired) electrons. The van der Waals surface area contributed by atoms with E-state index in [-0.39, 0.29) is 25.5 Å². The number of hydrogen-bond donors (Lipinski definition) is 1. The Kier molecular flexibility index (Phi) is 4.22. The van der Waals surface area contributed by atoms with E-state index in [9.17, 15) is 22.4 Å². The lowest BCUT2D eigenvalue weighted by Crippen LogP contribution is -2.33. The Hall–Kier alpha value is -1.63. The fraction of sp³-hybridized carbons (Fsp3) is 0.500. The normalized spacial score (nSPS) is 23.5. The van der Waals surface area contributed by atoms with Gasteiger partial charge in [0.1, 0.15) is 5.82 Å². The number of alkyl halides is 3. The summed E-state index contributed by atoms with van der Waals surface area (Å²) in [5.74, 6) is -5.13. The van der Waals surface area contributed by atoms with Gasteiger partial charge in [-0.3, -0.25) is 9.69 Å². The minimum Gasteiger partial charge on any atom is -0.481 e. The van der Waals surface area contributed by atoms with Crippen LogP contribution in [-0.4, -0.2) is 35.2 Å². The lowest BCUT2D eigenvalue weighted by Gasteiger charge is -2.18. The van der Waals surface area contributed by atoms with Gasteiger partial charge in [-0.15, -0.1) is 0 Å². The van der Waals surface area contributed by atoms with Gasteiger partial charge in [-0.2, -0.15) is 13.2 Å². The molecule has 3 nitrogen and oxygen atoms in total. The third-order valence-electron chi connectivity index (χ3n) is 3.76. The molecule has 2 atom stereocenters. The summed E-state index contributed by atoms with van der Waals surface area (Å²) < 4.78 is 51.7. The monoisotopic (exact) mass is 305 g/mol. The van der Waals surface area contributed by atoms with Crippen LogP contribution in [0.15, 0.2) is 18.2 Å². The van der Waals surface area contributed by atoms with Crippen LogP contribution in [0.2, 0.25) is 0 Å². The molecule has 1 aromatic carbocycles. The zero-order valence-corrected chi connectivity index (χ0v) is 11.3. The second-order valence-electron chi connectivity index (χ2n) is 5.37. The summed E-state index contributed by atoms with van der Waals surface area (Å²) in [4.78, 5) is 12.4. The highest BCUT2D eigenvalue weighted by Crippen LogP contribution is 2.38. The van der Waals surface area contributed by atoms with Crippen molar-refractivity contribution in [2.24, 2.45) is 11.8 Å². The van der Waals surface area contributed by atoms with Crippen molar-refractivity contribution >= 4 is 5.97 Å². The van der Waals surface area contributed by atoms with Gasteiger partial charge < -0.3 is 5.11 Å². The number of aryl methyl sites for hydroxylation is 1. The summed E-state index contributed by atoms with van der Waals surface area (Å²) in [5, 5.41) is 8.94. The third kappa shape index (κ3) is 3.53. The maximum absolute atomic E-state index is 13.2. The SMILES string of the molecule is Cc1cc(CN2C[C@@H](C(F)(F)F)[C@H](C(=O)O)C2)ccc1F. The van der Waals surface area contributed by atoms with Gasteiger partial charge in [0.25, 0.3) is 0 Å². The van der Waals surface area contributed by atoms with Crippen LogP contribution in [0.5, 0.6) is 0 Å². The molecule has 0 aromatic heterocycles. The highest BCUT2D eigenvalue weighted by atomic mass is 19.4. The van der Waals surface area contributed by atoms with Gasteiger partial charge in [-0.1, -0.05) is 12.1 Å².